The monoisotopic (exact) mass is 443 g/mol. The lowest BCUT2D eigenvalue weighted by Gasteiger charge is -2.32. The summed E-state index contributed by atoms with van der Waals surface area (Å²) in [5.74, 6) is 1.85. The summed E-state index contributed by atoms with van der Waals surface area (Å²) in [6.07, 6.45) is 5.45. The second-order valence-corrected chi connectivity index (χ2v) is 9.60. The van der Waals surface area contributed by atoms with Gasteiger partial charge in [-0.15, -0.1) is 5.10 Å². The van der Waals surface area contributed by atoms with Crippen LogP contribution < -0.4 is 11.1 Å². The first-order valence-corrected chi connectivity index (χ1v) is 11.5. The van der Waals surface area contributed by atoms with Crippen LogP contribution in [-0.2, 0) is 0 Å². The standard InChI is InChI=1S/C24H29N9/c1-14(2)33-15(3)27-19-6-5-18(29-22(19)33)17-9-12-32-20(17)21(26)30-23(31-32)28-16-7-10-24(4,13-25)11-8-16/h5-6,9,12,14,16H,7-8,10-11H2,1-4H3,(H3,26,28,30,31). The van der Waals surface area contributed by atoms with Crippen molar-refractivity contribution in [1.82, 2.24) is 29.1 Å². The van der Waals surface area contributed by atoms with E-state index in [1.165, 1.54) is 0 Å². The minimum absolute atomic E-state index is 0.227. The molecule has 1 aliphatic rings. The van der Waals surface area contributed by atoms with Gasteiger partial charge in [0.25, 0.3) is 0 Å². The first-order chi connectivity index (χ1) is 15.8. The summed E-state index contributed by atoms with van der Waals surface area (Å²) >= 11 is 0. The highest BCUT2D eigenvalue weighted by molar-refractivity contribution is 5.88. The lowest BCUT2D eigenvalue weighted by atomic mass is 9.75. The number of nitriles is 1. The second kappa shape index (κ2) is 7.73. The molecule has 33 heavy (non-hydrogen) atoms. The Morgan fingerprint density at radius 2 is 1.94 bits per heavy atom. The number of aryl methyl sites for hydroxylation is 1. The molecule has 5 rings (SSSR count). The zero-order valence-electron chi connectivity index (χ0n) is 19.5. The van der Waals surface area contributed by atoms with Crippen LogP contribution in [0, 0.1) is 23.7 Å². The molecule has 9 nitrogen and oxygen atoms in total. The number of nitrogens with zero attached hydrogens (tertiary/aromatic N) is 7. The zero-order valence-corrected chi connectivity index (χ0v) is 19.5. The molecule has 1 aliphatic carbocycles. The quantitative estimate of drug-likeness (QED) is 0.476. The Hall–Kier alpha value is -3.67. The average Bonchev–Trinajstić information content (AvgIpc) is 3.35. The Morgan fingerprint density at radius 3 is 2.64 bits per heavy atom. The third-order valence-electron chi connectivity index (χ3n) is 6.74. The van der Waals surface area contributed by atoms with Gasteiger partial charge in [-0.05, 0) is 71.6 Å². The molecule has 0 spiro atoms. The lowest BCUT2D eigenvalue weighted by molar-refractivity contribution is 0.279. The molecule has 0 aromatic carbocycles. The minimum Gasteiger partial charge on any atom is -0.382 e. The number of hydrogen-bond donors (Lipinski definition) is 2. The Kier molecular flexibility index (Phi) is 4.96. The number of hydrogen-bond acceptors (Lipinski definition) is 7. The Labute approximate surface area is 192 Å². The Balaban J connectivity index is 1.47. The van der Waals surface area contributed by atoms with Gasteiger partial charge in [0.1, 0.15) is 16.9 Å². The van der Waals surface area contributed by atoms with E-state index in [-0.39, 0.29) is 17.5 Å². The van der Waals surface area contributed by atoms with E-state index in [4.69, 9.17) is 10.7 Å². The van der Waals surface area contributed by atoms with Gasteiger partial charge in [0.15, 0.2) is 11.5 Å². The van der Waals surface area contributed by atoms with E-state index in [0.717, 1.165) is 59.4 Å². The number of imidazole rings is 1. The Morgan fingerprint density at radius 1 is 1.18 bits per heavy atom. The number of rotatable bonds is 4. The molecule has 0 radical (unpaired) electrons. The predicted molar refractivity (Wildman–Crippen MR) is 129 cm³/mol. The normalized spacial score (nSPS) is 21.0. The van der Waals surface area contributed by atoms with Gasteiger partial charge < -0.3 is 15.6 Å². The van der Waals surface area contributed by atoms with Crippen LogP contribution in [-0.4, -0.2) is 35.2 Å². The maximum Gasteiger partial charge on any atom is 0.243 e. The van der Waals surface area contributed by atoms with E-state index >= 15 is 0 Å². The maximum atomic E-state index is 9.35. The lowest BCUT2D eigenvalue weighted by Crippen LogP contribution is -2.31. The fourth-order valence-corrected chi connectivity index (χ4v) is 4.87. The van der Waals surface area contributed by atoms with Gasteiger partial charge in [0.05, 0.1) is 17.2 Å². The van der Waals surface area contributed by atoms with E-state index in [0.29, 0.717) is 11.8 Å². The fourth-order valence-electron chi connectivity index (χ4n) is 4.87. The topological polar surface area (TPSA) is 123 Å². The fraction of sp³-hybridized carbons (Fsp3) is 0.458. The number of nitrogens with one attached hydrogen (secondary N) is 1. The van der Waals surface area contributed by atoms with Gasteiger partial charge in [0.2, 0.25) is 5.95 Å². The van der Waals surface area contributed by atoms with Crippen molar-refractivity contribution in [3.05, 3.63) is 30.2 Å². The summed E-state index contributed by atoms with van der Waals surface area (Å²) in [5.41, 5.74) is 10.3. The van der Waals surface area contributed by atoms with Gasteiger partial charge in [-0.1, -0.05) is 0 Å². The second-order valence-electron chi connectivity index (χ2n) is 9.60. The SMILES string of the molecule is Cc1nc2ccc(-c3ccn4nc(NC5CCC(C)(C#N)CC5)nc(N)c34)nc2n1C(C)C. The highest BCUT2D eigenvalue weighted by Crippen LogP contribution is 2.36. The van der Waals surface area contributed by atoms with Gasteiger partial charge in [-0.25, -0.2) is 14.5 Å². The van der Waals surface area contributed by atoms with E-state index in [1.807, 2.05) is 38.2 Å². The van der Waals surface area contributed by atoms with E-state index < -0.39 is 0 Å². The molecule has 0 bridgehead atoms. The van der Waals surface area contributed by atoms with Crippen molar-refractivity contribution >= 4 is 28.4 Å². The van der Waals surface area contributed by atoms with Gasteiger partial charge >= 0.3 is 0 Å². The van der Waals surface area contributed by atoms with Crippen molar-refractivity contribution in [1.29, 1.82) is 5.26 Å². The number of aromatic nitrogens is 6. The van der Waals surface area contributed by atoms with Crippen molar-refractivity contribution in [3.63, 3.8) is 0 Å². The molecule has 4 heterocycles. The van der Waals surface area contributed by atoms with Crippen molar-refractivity contribution < 1.29 is 0 Å². The van der Waals surface area contributed by atoms with Crippen LogP contribution in [0.1, 0.15) is 58.3 Å². The van der Waals surface area contributed by atoms with Crippen LogP contribution in [0.15, 0.2) is 24.4 Å². The van der Waals surface area contributed by atoms with Gasteiger partial charge in [0, 0.05) is 23.8 Å². The van der Waals surface area contributed by atoms with E-state index in [1.54, 1.807) is 4.52 Å². The largest absolute Gasteiger partial charge is 0.382 e. The molecule has 1 saturated carbocycles. The van der Waals surface area contributed by atoms with Gasteiger partial charge in [-0.3, -0.25) is 0 Å². The van der Waals surface area contributed by atoms with Crippen molar-refractivity contribution in [2.75, 3.05) is 11.1 Å². The number of pyridine rings is 1. The molecule has 9 heteroatoms. The molecule has 3 N–H and O–H groups in total. The number of anilines is 2. The van der Waals surface area contributed by atoms with Crippen LogP contribution in [0.5, 0.6) is 0 Å². The molecular formula is C24H29N9. The number of fused-ring (bicyclic) bond motifs is 2. The number of nitrogens with two attached hydrogens (primary N) is 1. The number of nitrogen functional groups attached to an aromatic ring is 1. The molecular weight excluding hydrogens is 414 g/mol. The van der Waals surface area contributed by atoms with Crippen LogP contribution in [0.25, 0.3) is 27.9 Å². The molecule has 170 valence electrons. The molecule has 1 fully saturated rings. The molecule has 4 aromatic heterocycles. The highest BCUT2D eigenvalue weighted by Gasteiger charge is 2.31. The van der Waals surface area contributed by atoms with Crippen molar-refractivity contribution in [3.8, 4) is 17.3 Å². The summed E-state index contributed by atoms with van der Waals surface area (Å²) in [6.45, 7) is 8.29. The minimum atomic E-state index is -0.227. The summed E-state index contributed by atoms with van der Waals surface area (Å²) in [4.78, 5) is 14.1. The maximum absolute atomic E-state index is 9.35. The molecule has 0 aliphatic heterocycles. The first-order valence-electron chi connectivity index (χ1n) is 11.5. The summed E-state index contributed by atoms with van der Waals surface area (Å²) in [6, 6.07) is 8.88. The van der Waals surface area contributed by atoms with Crippen LogP contribution in [0.2, 0.25) is 0 Å². The van der Waals surface area contributed by atoms with Crippen LogP contribution in [0.3, 0.4) is 0 Å². The predicted octanol–water partition coefficient (Wildman–Crippen LogP) is 4.50. The van der Waals surface area contributed by atoms with E-state index in [9.17, 15) is 5.26 Å². The average molecular weight is 444 g/mol. The molecule has 4 aromatic rings. The third kappa shape index (κ3) is 3.65. The van der Waals surface area contributed by atoms with Crippen LogP contribution >= 0.6 is 0 Å². The smallest absolute Gasteiger partial charge is 0.243 e. The summed E-state index contributed by atoms with van der Waals surface area (Å²) < 4.78 is 3.90. The summed E-state index contributed by atoms with van der Waals surface area (Å²) in [5, 5.41) is 17.4. The molecule has 0 atom stereocenters. The van der Waals surface area contributed by atoms with Gasteiger partial charge in [-0.2, -0.15) is 10.2 Å². The molecule has 0 amide bonds. The molecule has 0 unspecified atom stereocenters. The van der Waals surface area contributed by atoms with Crippen LogP contribution in [0.4, 0.5) is 11.8 Å². The first kappa shape index (κ1) is 21.2. The van der Waals surface area contributed by atoms with E-state index in [2.05, 4.69) is 44.9 Å². The Bertz CT molecular complexity index is 1380. The molecule has 0 saturated heterocycles. The third-order valence-corrected chi connectivity index (χ3v) is 6.74. The van der Waals surface area contributed by atoms with Crippen molar-refractivity contribution in [2.24, 2.45) is 5.41 Å². The van der Waals surface area contributed by atoms with Crippen molar-refractivity contribution in [2.45, 2.75) is 65.5 Å². The highest BCUT2D eigenvalue weighted by atomic mass is 15.3. The zero-order chi connectivity index (χ0) is 23.3. The summed E-state index contributed by atoms with van der Waals surface area (Å²) in [7, 11) is 0.